The number of ether oxygens (including phenoxy) is 1. The molecular formula is C33H35NO4S. The van der Waals surface area contributed by atoms with Gasteiger partial charge >= 0.3 is 0 Å². The molecule has 202 valence electrons. The molecule has 4 atom stereocenters. The van der Waals surface area contributed by atoms with Crippen LogP contribution in [-0.2, 0) is 26.0 Å². The first-order valence-corrected chi connectivity index (χ1v) is 15.2. The van der Waals surface area contributed by atoms with Crippen LogP contribution in [0.25, 0.3) is 0 Å². The van der Waals surface area contributed by atoms with Crippen LogP contribution in [0, 0.1) is 24.2 Å². The van der Waals surface area contributed by atoms with Crippen LogP contribution in [-0.4, -0.2) is 31.1 Å². The maximum absolute atomic E-state index is 14.3. The Bertz CT molecular complexity index is 1510. The molecule has 2 heterocycles. The summed E-state index contributed by atoms with van der Waals surface area (Å²) in [6.45, 7) is 6.45. The Kier molecular flexibility index (Phi) is 6.51. The van der Waals surface area contributed by atoms with E-state index in [-0.39, 0.29) is 34.0 Å². The number of hydrogen-bond acceptors (Lipinski definition) is 4. The van der Waals surface area contributed by atoms with Gasteiger partial charge in [0.25, 0.3) is 0 Å². The molecule has 1 aliphatic carbocycles. The monoisotopic (exact) mass is 541 g/mol. The Morgan fingerprint density at radius 1 is 0.897 bits per heavy atom. The number of hydrogen-bond donors (Lipinski definition) is 0. The van der Waals surface area contributed by atoms with Crippen molar-refractivity contribution >= 4 is 15.8 Å². The van der Waals surface area contributed by atoms with Gasteiger partial charge < -0.3 is 4.74 Å². The second-order valence-corrected chi connectivity index (χ2v) is 14.0. The molecule has 2 aliphatic heterocycles. The van der Waals surface area contributed by atoms with E-state index in [0.717, 1.165) is 22.4 Å². The van der Waals surface area contributed by atoms with Gasteiger partial charge in [0.2, 0.25) is 10.0 Å². The number of sulfonamides is 1. The van der Waals surface area contributed by atoms with E-state index in [0.29, 0.717) is 31.4 Å². The molecule has 39 heavy (non-hydrogen) atoms. The third kappa shape index (κ3) is 4.74. The van der Waals surface area contributed by atoms with Gasteiger partial charge in [0, 0.05) is 42.8 Å². The van der Waals surface area contributed by atoms with Crippen molar-refractivity contribution in [2.45, 2.75) is 57.1 Å². The molecule has 1 saturated heterocycles. The van der Waals surface area contributed by atoms with E-state index < -0.39 is 16.1 Å². The van der Waals surface area contributed by atoms with Gasteiger partial charge in [-0.3, -0.25) is 4.79 Å². The SMILES string of the molecule is Cc1ccc(S(=O)(=O)N2C[C@H]3[C@H](C4=C(CC(C)(C)CC4=O)O[C@H]3c3ccccc3)[C@@H]2Cc2ccccc2)cc1. The van der Waals surface area contributed by atoms with Gasteiger partial charge in [-0.1, -0.05) is 92.2 Å². The molecule has 6 heteroatoms. The minimum absolute atomic E-state index is 0.0930. The van der Waals surface area contributed by atoms with Crippen LogP contribution < -0.4 is 0 Å². The summed E-state index contributed by atoms with van der Waals surface area (Å²) in [5.41, 5.74) is 3.59. The van der Waals surface area contributed by atoms with Crippen LogP contribution >= 0.6 is 0 Å². The number of carbonyl (C=O) groups excluding carboxylic acids is 1. The van der Waals surface area contributed by atoms with Gasteiger partial charge in [-0.25, -0.2) is 8.42 Å². The maximum atomic E-state index is 14.3. The zero-order valence-corrected chi connectivity index (χ0v) is 23.5. The molecule has 3 aromatic carbocycles. The molecule has 3 aliphatic rings. The lowest BCUT2D eigenvalue weighted by Crippen LogP contribution is -2.43. The summed E-state index contributed by atoms with van der Waals surface area (Å²) >= 11 is 0. The van der Waals surface area contributed by atoms with Crippen LogP contribution in [0.4, 0.5) is 0 Å². The standard InChI is InChI=1S/C33H35NO4S/c1-22-14-16-25(17-15-22)39(36,37)34-21-26-30(27(34)18-23-10-6-4-7-11-23)31-28(35)19-33(2,3)20-29(31)38-32(26)24-12-8-5-9-13-24/h4-17,26-27,30,32H,18-21H2,1-3H3/t26-,27-,30-,32-/m0/s1. The van der Waals surface area contributed by atoms with Gasteiger partial charge in [-0.2, -0.15) is 4.31 Å². The number of nitrogens with zero attached hydrogens (tertiary/aromatic N) is 1. The summed E-state index contributed by atoms with van der Waals surface area (Å²) in [4.78, 5) is 14.1. The van der Waals surface area contributed by atoms with Crippen LogP contribution in [0.2, 0.25) is 0 Å². The fourth-order valence-electron chi connectivity index (χ4n) is 6.77. The van der Waals surface area contributed by atoms with Crippen molar-refractivity contribution < 1.29 is 17.9 Å². The smallest absolute Gasteiger partial charge is 0.243 e. The predicted molar refractivity (Wildman–Crippen MR) is 151 cm³/mol. The van der Waals surface area contributed by atoms with Crippen LogP contribution in [0.5, 0.6) is 0 Å². The van der Waals surface area contributed by atoms with E-state index in [9.17, 15) is 13.2 Å². The summed E-state index contributed by atoms with van der Waals surface area (Å²) in [5, 5.41) is 0. The molecule has 0 unspecified atom stereocenters. The largest absolute Gasteiger partial charge is 0.489 e. The average Bonchev–Trinajstić information content (AvgIpc) is 3.28. The third-order valence-electron chi connectivity index (χ3n) is 8.55. The Hall–Kier alpha value is -3.22. The molecular weight excluding hydrogens is 506 g/mol. The number of fused-ring (bicyclic) bond motifs is 2. The van der Waals surface area contributed by atoms with E-state index in [1.165, 1.54) is 0 Å². The Labute approximate surface area is 231 Å². The van der Waals surface area contributed by atoms with E-state index in [1.807, 2.05) is 79.7 Å². The van der Waals surface area contributed by atoms with Crippen molar-refractivity contribution in [1.82, 2.24) is 4.31 Å². The summed E-state index contributed by atoms with van der Waals surface area (Å²) in [6.07, 6.45) is 1.32. The van der Waals surface area contributed by atoms with Crippen LogP contribution in [0.3, 0.4) is 0 Å². The number of rotatable bonds is 5. The Morgan fingerprint density at radius 3 is 2.21 bits per heavy atom. The lowest BCUT2D eigenvalue weighted by molar-refractivity contribution is -0.121. The van der Waals surface area contributed by atoms with Gasteiger partial charge in [0.05, 0.1) is 4.90 Å². The van der Waals surface area contributed by atoms with Crippen molar-refractivity contribution in [2.24, 2.45) is 17.3 Å². The number of ketones is 1. The fraction of sp³-hybridized carbons (Fsp3) is 0.364. The highest BCUT2D eigenvalue weighted by atomic mass is 32.2. The van der Waals surface area contributed by atoms with E-state index >= 15 is 0 Å². The molecule has 6 rings (SSSR count). The lowest BCUT2D eigenvalue weighted by atomic mass is 9.67. The molecule has 0 radical (unpaired) electrons. The summed E-state index contributed by atoms with van der Waals surface area (Å²) in [5.74, 6) is 0.419. The minimum atomic E-state index is -3.82. The van der Waals surface area contributed by atoms with Crippen molar-refractivity contribution in [2.75, 3.05) is 6.54 Å². The quantitative estimate of drug-likeness (QED) is 0.383. The number of carbonyl (C=O) groups is 1. The molecule has 3 aromatic rings. The molecule has 0 amide bonds. The van der Waals surface area contributed by atoms with Crippen LogP contribution in [0.1, 0.15) is 49.5 Å². The lowest BCUT2D eigenvalue weighted by Gasteiger charge is -2.43. The number of allylic oxidation sites excluding steroid dienone is 1. The molecule has 0 spiro atoms. The van der Waals surface area contributed by atoms with Gasteiger partial charge in [-0.05, 0) is 42.0 Å². The number of benzene rings is 3. The summed E-state index contributed by atoms with van der Waals surface area (Å²) in [6, 6.07) is 26.7. The third-order valence-corrected chi connectivity index (χ3v) is 10.5. The van der Waals surface area contributed by atoms with Crippen molar-refractivity contribution in [3.05, 3.63) is 113 Å². The normalized spacial score (nSPS) is 26.6. The second kappa shape index (κ2) is 9.76. The number of aryl methyl sites for hydroxylation is 1. The first-order chi connectivity index (χ1) is 18.6. The molecule has 1 fully saturated rings. The highest BCUT2D eigenvalue weighted by Gasteiger charge is 2.57. The molecule has 0 bridgehead atoms. The van der Waals surface area contributed by atoms with Crippen molar-refractivity contribution in [3.8, 4) is 0 Å². The van der Waals surface area contributed by atoms with Gasteiger partial charge in [-0.15, -0.1) is 0 Å². The highest BCUT2D eigenvalue weighted by molar-refractivity contribution is 7.89. The first kappa shape index (κ1) is 26.0. The fourth-order valence-corrected chi connectivity index (χ4v) is 8.45. The number of Topliss-reactive ketones (excluding diaryl/α,β-unsaturated/α-hetero) is 1. The molecule has 0 aromatic heterocycles. The highest BCUT2D eigenvalue weighted by Crippen LogP contribution is 2.55. The maximum Gasteiger partial charge on any atom is 0.243 e. The second-order valence-electron chi connectivity index (χ2n) is 12.1. The van der Waals surface area contributed by atoms with Crippen LogP contribution in [0.15, 0.2) is 101 Å². The minimum Gasteiger partial charge on any atom is -0.489 e. The van der Waals surface area contributed by atoms with E-state index in [4.69, 9.17) is 4.74 Å². The Morgan fingerprint density at radius 2 is 1.54 bits per heavy atom. The van der Waals surface area contributed by atoms with E-state index in [1.54, 1.807) is 16.4 Å². The van der Waals surface area contributed by atoms with Gasteiger partial charge in [0.1, 0.15) is 11.9 Å². The zero-order chi connectivity index (χ0) is 27.4. The molecule has 5 nitrogen and oxygen atoms in total. The topological polar surface area (TPSA) is 63.7 Å². The van der Waals surface area contributed by atoms with Crippen molar-refractivity contribution in [1.29, 1.82) is 0 Å². The van der Waals surface area contributed by atoms with E-state index in [2.05, 4.69) is 13.8 Å². The average molecular weight is 542 g/mol. The first-order valence-electron chi connectivity index (χ1n) is 13.7. The molecule has 0 saturated carbocycles. The van der Waals surface area contributed by atoms with Crippen molar-refractivity contribution in [3.63, 3.8) is 0 Å². The molecule has 0 N–H and O–H groups in total. The van der Waals surface area contributed by atoms with Gasteiger partial charge in [0.15, 0.2) is 5.78 Å². The summed E-state index contributed by atoms with van der Waals surface area (Å²) in [7, 11) is -3.82. The zero-order valence-electron chi connectivity index (χ0n) is 22.7. The summed E-state index contributed by atoms with van der Waals surface area (Å²) < 4.78 is 36.9. The predicted octanol–water partition coefficient (Wildman–Crippen LogP) is 6.26. The Balaban J connectivity index is 1.52.